The minimum absolute atomic E-state index is 0.0336. The fourth-order valence-corrected chi connectivity index (χ4v) is 2.62. The van der Waals surface area contributed by atoms with Gasteiger partial charge in [0.1, 0.15) is 5.82 Å². The summed E-state index contributed by atoms with van der Waals surface area (Å²) in [6.45, 7) is 6.06. The van der Waals surface area contributed by atoms with Crippen LogP contribution in [0.3, 0.4) is 0 Å². The zero-order valence-corrected chi connectivity index (χ0v) is 15.3. The SMILES string of the molecule is COc1cc(C(C)(P)Nc2nccc(C)c2C)cc(O)c1OC. The van der Waals surface area contributed by atoms with Gasteiger partial charge < -0.3 is 19.9 Å². The lowest BCUT2D eigenvalue weighted by atomic mass is 10.1. The molecule has 2 atom stereocenters. The van der Waals surface area contributed by atoms with Gasteiger partial charge in [0.15, 0.2) is 11.5 Å². The van der Waals surface area contributed by atoms with Crippen LogP contribution in [0, 0.1) is 13.8 Å². The van der Waals surface area contributed by atoms with Crippen LogP contribution in [0.25, 0.3) is 0 Å². The maximum atomic E-state index is 10.2. The van der Waals surface area contributed by atoms with E-state index in [1.54, 1.807) is 19.4 Å². The number of aryl methyl sites for hydroxylation is 1. The quantitative estimate of drug-likeness (QED) is 0.818. The summed E-state index contributed by atoms with van der Waals surface area (Å²) >= 11 is 0. The van der Waals surface area contributed by atoms with Crippen molar-refractivity contribution < 1.29 is 14.6 Å². The number of rotatable bonds is 5. The molecule has 6 heteroatoms. The van der Waals surface area contributed by atoms with Gasteiger partial charge in [-0.3, -0.25) is 0 Å². The zero-order valence-electron chi connectivity index (χ0n) is 14.1. The Labute approximate surface area is 139 Å². The maximum absolute atomic E-state index is 10.2. The van der Waals surface area contributed by atoms with Crippen molar-refractivity contribution in [1.29, 1.82) is 0 Å². The smallest absolute Gasteiger partial charge is 0.203 e. The molecule has 0 fully saturated rings. The summed E-state index contributed by atoms with van der Waals surface area (Å²) in [5, 5.41) is 13.0. The molecule has 5 nitrogen and oxygen atoms in total. The number of hydrogen-bond donors (Lipinski definition) is 2. The molecule has 1 heterocycles. The van der Waals surface area contributed by atoms with E-state index in [9.17, 15) is 5.11 Å². The van der Waals surface area contributed by atoms with E-state index in [2.05, 4.69) is 19.5 Å². The lowest BCUT2D eigenvalue weighted by Gasteiger charge is -2.29. The second-order valence-corrected chi connectivity index (χ2v) is 6.81. The highest BCUT2D eigenvalue weighted by Crippen LogP contribution is 2.43. The summed E-state index contributed by atoms with van der Waals surface area (Å²) in [6.07, 6.45) is 1.78. The number of nitrogens with zero attached hydrogens (tertiary/aromatic N) is 1. The Hall–Kier alpha value is -2.00. The molecule has 0 aliphatic heterocycles. The van der Waals surface area contributed by atoms with Crippen molar-refractivity contribution in [3.05, 3.63) is 41.1 Å². The van der Waals surface area contributed by atoms with Crippen LogP contribution in [0.1, 0.15) is 23.6 Å². The minimum atomic E-state index is -0.539. The van der Waals surface area contributed by atoms with Crippen LogP contribution in [0.15, 0.2) is 24.4 Å². The topological polar surface area (TPSA) is 63.6 Å². The van der Waals surface area contributed by atoms with Crippen LogP contribution >= 0.6 is 9.24 Å². The second kappa shape index (κ2) is 6.63. The highest BCUT2D eigenvalue weighted by molar-refractivity contribution is 7.18. The summed E-state index contributed by atoms with van der Waals surface area (Å²) in [5.41, 5.74) is 3.09. The predicted molar refractivity (Wildman–Crippen MR) is 95.6 cm³/mol. The largest absolute Gasteiger partial charge is 0.504 e. The van der Waals surface area contributed by atoms with Gasteiger partial charge in [0.05, 0.1) is 19.5 Å². The van der Waals surface area contributed by atoms with E-state index in [0.717, 1.165) is 16.9 Å². The number of phenols is 1. The molecule has 0 aliphatic carbocycles. The number of methoxy groups -OCH3 is 2. The average molecular weight is 334 g/mol. The van der Waals surface area contributed by atoms with Gasteiger partial charge in [-0.05, 0) is 55.7 Å². The lowest BCUT2D eigenvalue weighted by Crippen LogP contribution is -2.25. The predicted octanol–water partition coefficient (Wildman–Crippen LogP) is 3.58. The third kappa shape index (κ3) is 3.50. The first kappa shape index (κ1) is 17.4. The summed E-state index contributed by atoms with van der Waals surface area (Å²) < 4.78 is 10.5. The Bertz CT molecular complexity index is 717. The highest BCUT2D eigenvalue weighted by Gasteiger charge is 2.25. The van der Waals surface area contributed by atoms with Crippen molar-refractivity contribution in [2.75, 3.05) is 19.5 Å². The van der Waals surface area contributed by atoms with E-state index in [4.69, 9.17) is 9.47 Å². The van der Waals surface area contributed by atoms with Crippen molar-refractivity contribution in [2.24, 2.45) is 0 Å². The molecular formula is C17H23N2O3P. The number of ether oxygens (including phenoxy) is 2. The number of pyridine rings is 1. The summed E-state index contributed by atoms with van der Waals surface area (Å²) in [6, 6.07) is 5.47. The van der Waals surface area contributed by atoms with Crippen LogP contribution in [0.5, 0.6) is 17.2 Å². The van der Waals surface area contributed by atoms with Gasteiger partial charge in [0, 0.05) is 6.20 Å². The molecule has 1 aromatic heterocycles. The standard InChI is InChI=1S/C17H23N2O3P/c1-10-6-7-18-16(11(10)2)19-17(3,23)12-8-13(20)15(22-5)14(9-12)21-4/h6-9,20H,23H2,1-5H3,(H,18,19). The lowest BCUT2D eigenvalue weighted by molar-refractivity contribution is 0.332. The first-order valence-corrected chi connectivity index (χ1v) is 7.82. The van der Waals surface area contributed by atoms with Gasteiger partial charge in [-0.15, -0.1) is 9.24 Å². The molecule has 0 saturated carbocycles. The Balaban J connectivity index is 2.43. The zero-order chi connectivity index (χ0) is 17.2. The molecule has 0 spiro atoms. The molecule has 124 valence electrons. The Morgan fingerprint density at radius 1 is 1.22 bits per heavy atom. The molecular weight excluding hydrogens is 311 g/mol. The van der Waals surface area contributed by atoms with E-state index < -0.39 is 5.28 Å². The number of hydrogen-bond acceptors (Lipinski definition) is 5. The van der Waals surface area contributed by atoms with Crippen LogP contribution in [-0.2, 0) is 5.28 Å². The summed E-state index contributed by atoms with van der Waals surface area (Å²) in [5.74, 6) is 1.64. The number of aromatic nitrogens is 1. The number of aromatic hydroxyl groups is 1. The third-order valence-electron chi connectivity index (χ3n) is 3.91. The third-order valence-corrected chi connectivity index (χ3v) is 4.39. The molecule has 0 saturated heterocycles. The molecule has 1 aromatic carbocycles. The van der Waals surface area contributed by atoms with Gasteiger partial charge in [0.2, 0.25) is 5.75 Å². The maximum Gasteiger partial charge on any atom is 0.203 e. The van der Waals surface area contributed by atoms with Gasteiger partial charge in [0.25, 0.3) is 0 Å². The van der Waals surface area contributed by atoms with E-state index >= 15 is 0 Å². The van der Waals surface area contributed by atoms with E-state index in [1.165, 1.54) is 12.7 Å². The number of anilines is 1. The van der Waals surface area contributed by atoms with Crippen molar-refractivity contribution in [1.82, 2.24) is 4.98 Å². The number of phenolic OH excluding ortho intramolecular Hbond substituents is 1. The Morgan fingerprint density at radius 3 is 2.52 bits per heavy atom. The van der Waals surface area contributed by atoms with E-state index in [1.807, 2.05) is 32.9 Å². The van der Waals surface area contributed by atoms with Gasteiger partial charge >= 0.3 is 0 Å². The molecule has 2 unspecified atom stereocenters. The first-order valence-electron chi connectivity index (χ1n) is 7.25. The van der Waals surface area contributed by atoms with Gasteiger partial charge in [-0.25, -0.2) is 4.98 Å². The Kier molecular flexibility index (Phi) is 5.00. The van der Waals surface area contributed by atoms with Crippen LogP contribution in [0.4, 0.5) is 5.82 Å². The molecule has 0 amide bonds. The monoisotopic (exact) mass is 334 g/mol. The highest BCUT2D eigenvalue weighted by atomic mass is 31.0. The molecule has 2 N–H and O–H groups in total. The van der Waals surface area contributed by atoms with Crippen molar-refractivity contribution in [3.63, 3.8) is 0 Å². The van der Waals surface area contributed by atoms with E-state index in [0.29, 0.717) is 11.5 Å². The fraction of sp³-hybridized carbons (Fsp3) is 0.353. The van der Waals surface area contributed by atoms with Crippen molar-refractivity contribution in [3.8, 4) is 17.2 Å². The van der Waals surface area contributed by atoms with Gasteiger partial charge in [-0.2, -0.15) is 0 Å². The minimum Gasteiger partial charge on any atom is -0.504 e. The molecule has 23 heavy (non-hydrogen) atoms. The second-order valence-electron chi connectivity index (χ2n) is 5.66. The van der Waals surface area contributed by atoms with E-state index in [-0.39, 0.29) is 5.75 Å². The summed E-state index contributed by atoms with van der Waals surface area (Å²) in [7, 11) is 5.79. The summed E-state index contributed by atoms with van der Waals surface area (Å²) in [4.78, 5) is 4.41. The Morgan fingerprint density at radius 2 is 1.91 bits per heavy atom. The molecule has 0 bridgehead atoms. The molecule has 0 radical (unpaired) electrons. The van der Waals surface area contributed by atoms with Crippen LogP contribution in [-0.4, -0.2) is 24.3 Å². The molecule has 2 aromatic rings. The van der Waals surface area contributed by atoms with Crippen molar-refractivity contribution >= 4 is 15.1 Å². The van der Waals surface area contributed by atoms with Gasteiger partial charge in [-0.1, -0.05) is 0 Å². The normalized spacial score (nSPS) is 13.3. The van der Waals surface area contributed by atoms with Crippen molar-refractivity contribution in [2.45, 2.75) is 26.1 Å². The molecule has 2 rings (SSSR count). The van der Waals surface area contributed by atoms with Crippen LogP contribution < -0.4 is 14.8 Å². The number of benzene rings is 1. The fourth-order valence-electron chi connectivity index (χ4n) is 2.32. The first-order chi connectivity index (χ1) is 10.8. The van der Waals surface area contributed by atoms with Crippen LogP contribution in [0.2, 0.25) is 0 Å². The number of nitrogens with one attached hydrogen (secondary N) is 1. The average Bonchev–Trinajstić information content (AvgIpc) is 2.50. The molecule has 0 aliphatic rings.